The second-order valence-electron chi connectivity index (χ2n) is 4.85. The van der Waals surface area contributed by atoms with Crippen LogP contribution in [0.25, 0.3) is 22.0 Å². The lowest BCUT2D eigenvalue weighted by atomic mass is 10.2. The normalized spacial score (nSPS) is 11.7. The minimum absolute atomic E-state index is 0.0764. The number of hydrogen-bond donors (Lipinski definition) is 1. The van der Waals surface area contributed by atoms with Gasteiger partial charge in [0.15, 0.2) is 5.82 Å². The van der Waals surface area contributed by atoms with E-state index in [-0.39, 0.29) is 28.8 Å². The maximum absolute atomic E-state index is 12.1. The summed E-state index contributed by atoms with van der Waals surface area (Å²) in [6.07, 6.45) is 1.47. The number of benzene rings is 1. The van der Waals surface area contributed by atoms with Gasteiger partial charge in [-0.3, -0.25) is 4.79 Å². The van der Waals surface area contributed by atoms with E-state index in [0.717, 1.165) is 0 Å². The monoisotopic (exact) mass is 344 g/mol. The zero-order valence-corrected chi connectivity index (χ0v) is 13.5. The zero-order chi connectivity index (χ0) is 17.1. The van der Waals surface area contributed by atoms with Gasteiger partial charge in [0.2, 0.25) is 5.76 Å². The molecule has 24 heavy (non-hydrogen) atoms. The summed E-state index contributed by atoms with van der Waals surface area (Å²) in [6.45, 7) is 1.97. The number of halogens is 1. The van der Waals surface area contributed by atoms with Gasteiger partial charge in [0.05, 0.1) is 22.5 Å². The molecule has 0 fully saturated rings. The molecular weight excluding hydrogens is 332 g/mol. The highest BCUT2D eigenvalue weighted by molar-refractivity contribution is 6.50. The number of fused-ring (bicyclic) bond motifs is 1. The van der Waals surface area contributed by atoms with Gasteiger partial charge in [-0.2, -0.15) is 0 Å². The van der Waals surface area contributed by atoms with Crippen molar-refractivity contribution < 1.29 is 13.9 Å². The Morgan fingerprint density at radius 3 is 2.92 bits per heavy atom. The number of nitrogens with one attached hydrogen (secondary N) is 1. The van der Waals surface area contributed by atoms with Gasteiger partial charge in [-0.25, -0.2) is 9.78 Å². The van der Waals surface area contributed by atoms with Crippen molar-refractivity contribution in [3.05, 3.63) is 64.1 Å². The molecule has 1 N–H and O–H groups in total. The number of rotatable bonds is 4. The number of carbonyl (C=O) groups is 1. The molecule has 0 spiro atoms. The molecule has 0 radical (unpaired) electrons. The molecule has 122 valence electrons. The highest BCUT2D eigenvalue weighted by Crippen LogP contribution is 2.21. The highest BCUT2D eigenvalue weighted by Gasteiger charge is 2.12. The number of ether oxygens (including phenoxy) is 1. The molecule has 0 saturated carbocycles. The molecular formula is C17H13ClN2O4. The van der Waals surface area contributed by atoms with Gasteiger partial charge >= 0.3 is 5.97 Å². The first-order chi connectivity index (χ1) is 11.6. The van der Waals surface area contributed by atoms with Crippen LogP contribution in [0, 0.1) is 0 Å². The molecule has 0 aliphatic carbocycles. The van der Waals surface area contributed by atoms with E-state index in [9.17, 15) is 9.59 Å². The quantitative estimate of drug-likeness (QED) is 0.733. The van der Waals surface area contributed by atoms with Crippen LogP contribution in [0.5, 0.6) is 0 Å². The Morgan fingerprint density at radius 1 is 1.33 bits per heavy atom. The molecule has 2 aromatic heterocycles. The largest absolute Gasteiger partial charge is 0.460 e. The zero-order valence-electron chi connectivity index (χ0n) is 12.7. The van der Waals surface area contributed by atoms with Crippen molar-refractivity contribution in [2.75, 3.05) is 6.61 Å². The van der Waals surface area contributed by atoms with Gasteiger partial charge in [0.25, 0.3) is 5.56 Å². The van der Waals surface area contributed by atoms with Crippen LogP contribution in [0.2, 0.25) is 0 Å². The summed E-state index contributed by atoms with van der Waals surface area (Å²) >= 11 is 6.22. The van der Waals surface area contributed by atoms with Gasteiger partial charge in [-0.05, 0) is 31.2 Å². The second kappa shape index (κ2) is 6.72. The molecule has 6 nitrogen and oxygen atoms in total. The SMILES string of the molecule is CCOC(=O)c1ccc(C=C(Cl)c2nc3ccccc3c(=O)[nH]2)o1. The third kappa shape index (κ3) is 3.23. The Kier molecular flexibility index (Phi) is 4.48. The number of esters is 1. The van der Waals surface area contributed by atoms with Crippen LogP contribution >= 0.6 is 11.6 Å². The lowest BCUT2D eigenvalue weighted by Gasteiger charge is -2.01. The fourth-order valence-corrected chi connectivity index (χ4v) is 2.33. The molecule has 0 amide bonds. The molecule has 0 unspecified atom stereocenters. The Morgan fingerprint density at radius 2 is 2.12 bits per heavy atom. The fourth-order valence-electron chi connectivity index (χ4n) is 2.14. The van der Waals surface area contributed by atoms with E-state index in [1.807, 2.05) is 0 Å². The first-order valence-corrected chi connectivity index (χ1v) is 7.60. The average Bonchev–Trinajstić information content (AvgIpc) is 3.03. The molecule has 7 heteroatoms. The lowest BCUT2D eigenvalue weighted by molar-refractivity contribution is 0.0489. The Bertz CT molecular complexity index is 987. The lowest BCUT2D eigenvalue weighted by Crippen LogP contribution is -2.10. The molecule has 0 saturated heterocycles. The van der Waals surface area contributed by atoms with Crippen molar-refractivity contribution in [3.63, 3.8) is 0 Å². The summed E-state index contributed by atoms with van der Waals surface area (Å²) in [5.41, 5.74) is 0.253. The minimum atomic E-state index is -0.550. The van der Waals surface area contributed by atoms with Crippen LogP contribution in [-0.4, -0.2) is 22.5 Å². The van der Waals surface area contributed by atoms with Crippen LogP contribution in [0.3, 0.4) is 0 Å². The van der Waals surface area contributed by atoms with E-state index >= 15 is 0 Å². The van der Waals surface area contributed by atoms with Crippen LogP contribution in [-0.2, 0) is 4.74 Å². The van der Waals surface area contributed by atoms with Crippen LogP contribution < -0.4 is 5.56 Å². The Balaban J connectivity index is 1.94. The van der Waals surface area contributed by atoms with E-state index in [0.29, 0.717) is 16.7 Å². The fraction of sp³-hybridized carbons (Fsp3) is 0.118. The maximum atomic E-state index is 12.1. The number of carbonyl (C=O) groups excluding carboxylic acids is 1. The van der Waals surface area contributed by atoms with Gasteiger partial charge < -0.3 is 14.1 Å². The van der Waals surface area contributed by atoms with Crippen LogP contribution in [0.1, 0.15) is 29.1 Å². The van der Waals surface area contributed by atoms with Crippen molar-refractivity contribution in [3.8, 4) is 0 Å². The summed E-state index contributed by atoms with van der Waals surface area (Å²) in [7, 11) is 0. The summed E-state index contributed by atoms with van der Waals surface area (Å²) in [5, 5.41) is 0.663. The van der Waals surface area contributed by atoms with Crippen molar-refractivity contribution in [2.24, 2.45) is 0 Å². The van der Waals surface area contributed by atoms with Crippen LogP contribution in [0.15, 0.2) is 45.6 Å². The first-order valence-electron chi connectivity index (χ1n) is 7.22. The number of hydrogen-bond acceptors (Lipinski definition) is 5. The maximum Gasteiger partial charge on any atom is 0.374 e. The molecule has 0 aliphatic rings. The summed E-state index contributed by atoms with van der Waals surface area (Å²) in [6, 6.07) is 10.0. The molecule has 0 atom stereocenters. The van der Waals surface area contributed by atoms with Crippen molar-refractivity contribution in [2.45, 2.75) is 6.92 Å². The van der Waals surface area contributed by atoms with E-state index in [1.54, 1.807) is 37.3 Å². The number of aromatic amines is 1. The highest BCUT2D eigenvalue weighted by atomic mass is 35.5. The van der Waals surface area contributed by atoms with E-state index in [1.165, 1.54) is 12.1 Å². The molecule has 3 aromatic rings. The number of para-hydroxylation sites is 1. The third-order valence-corrected chi connectivity index (χ3v) is 3.50. The number of H-pyrrole nitrogens is 1. The van der Waals surface area contributed by atoms with Gasteiger partial charge in [0, 0.05) is 6.08 Å². The Labute approximate surface area is 141 Å². The van der Waals surface area contributed by atoms with Crippen molar-refractivity contribution >= 4 is 39.6 Å². The van der Waals surface area contributed by atoms with Crippen LogP contribution in [0.4, 0.5) is 0 Å². The molecule has 0 aliphatic heterocycles. The van der Waals surface area contributed by atoms with Crippen molar-refractivity contribution in [1.82, 2.24) is 9.97 Å². The van der Waals surface area contributed by atoms with Gasteiger partial charge in [0.1, 0.15) is 5.76 Å². The first kappa shape index (κ1) is 16.0. The summed E-state index contributed by atoms with van der Waals surface area (Å²) < 4.78 is 10.2. The predicted molar refractivity (Wildman–Crippen MR) is 90.8 cm³/mol. The molecule has 0 bridgehead atoms. The molecule has 1 aromatic carbocycles. The average molecular weight is 345 g/mol. The minimum Gasteiger partial charge on any atom is -0.460 e. The van der Waals surface area contributed by atoms with Gasteiger partial charge in [-0.1, -0.05) is 23.7 Å². The number of nitrogens with zero attached hydrogens (tertiary/aromatic N) is 1. The molecule has 3 rings (SSSR count). The summed E-state index contributed by atoms with van der Waals surface area (Å²) in [4.78, 5) is 30.6. The number of aromatic nitrogens is 2. The van der Waals surface area contributed by atoms with Gasteiger partial charge in [-0.15, -0.1) is 0 Å². The predicted octanol–water partition coefficient (Wildman–Crippen LogP) is 3.43. The summed E-state index contributed by atoms with van der Waals surface area (Å²) in [5.74, 6) is 0.0892. The standard InChI is InChI=1S/C17H13ClN2O4/c1-2-23-17(22)14-8-7-10(24-14)9-12(18)15-19-13-6-4-3-5-11(13)16(21)20-15/h3-9H,2H2,1H3,(H,19,20,21). The Hall–Kier alpha value is -2.86. The third-order valence-electron chi connectivity index (χ3n) is 3.21. The smallest absolute Gasteiger partial charge is 0.374 e. The number of furan rings is 1. The van der Waals surface area contributed by atoms with E-state index in [4.69, 9.17) is 20.8 Å². The topological polar surface area (TPSA) is 85.2 Å². The van der Waals surface area contributed by atoms with Crippen molar-refractivity contribution in [1.29, 1.82) is 0 Å². The molecule has 2 heterocycles. The van der Waals surface area contributed by atoms with E-state index < -0.39 is 5.97 Å². The van der Waals surface area contributed by atoms with E-state index in [2.05, 4.69) is 9.97 Å². The second-order valence-corrected chi connectivity index (χ2v) is 5.25.